The molecule has 0 bridgehead atoms. The number of rotatable bonds is 12. The maximum Gasteiger partial charge on any atom is 0.472 e. The fraction of sp³-hybridized carbons (Fsp3) is 1.00. The van der Waals surface area contributed by atoms with Crippen LogP contribution in [-0.2, 0) is 13.6 Å². The largest absolute Gasteiger partial charge is 0.472 e. The van der Waals surface area contributed by atoms with Crippen LogP contribution in [0.5, 0.6) is 0 Å². The maximum absolute atomic E-state index is 11.3. The Hall–Kier alpha value is 0.110. The van der Waals surface area contributed by atoms with Gasteiger partial charge in [-0.25, -0.2) is 4.57 Å². The third kappa shape index (κ3) is 12.6. The lowest BCUT2D eigenvalue weighted by atomic mass is 10.1. The minimum atomic E-state index is -3.82. The Morgan fingerprint density at radius 3 is 2.00 bits per heavy atom. The highest BCUT2D eigenvalue weighted by Gasteiger charge is 2.21. The summed E-state index contributed by atoms with van der Waals surface area (Å²) in [5.74, 6) is 0. The van der Waals surface area contributed by atoms with Gasteiger partial charge in [0.05, 0.1) is 12.7 Å². The van der Waals surface area contributed by atoms with Gasteiger partial charge in [0.2, 0.25) is 0 Å². The van der Waals surface area contributed by atoms with Gasteiger partial charge in [-0.1, -0.05) is 51.9 Å². The normalized spacial score (nSPS) is 14.9. The van der Waals surface area contributed by atoms with Gasteiger partial charge < -0.3 is 4.89 Å². The first kappa shape index (κ1) is 18.1. The van der Waals surface area contributed by atoms with E-state index in [2.05, 4.69) is 6.92 Å². The molecular weight excluding hydrogens is 251 g/mol. The van der Waals surface area contributed by atoms with Crippen molar-refractivity contribution in [3.8, 4) is 0 Å². The van der Waals surface area contributed by atoms with Crippen LogP contribution in [0.4, 0.5) is 0 Å². The molecule has 0 spiro atoms. The van der Waals surface area contributed by atoms with Crippen molar-refractivity contribution in [1.82, 2.24) is 0 Å². The first-order valence-corrected chi connectivity index (χ1v) is 8.63. The molecule has 0 aliphatic heterocycles. The second kappa shape index (κ2) is 11.0. The van der Waals surface area contributed by atoms with Crippen molar-refractivity contribution in [2.24, 2.45) is 0 Å². The standard InChI is InChI=1S/C13H29O4P/c1-4-5-6-7-8-9-10-11-12-16-18(14,15)17-13(2)3/h13H,4-12H2,1-3H3,(H,14,15). The lowest BCUT2D eigenvalue weighted by Crippen LogP contribution is -2.03. The molecular formula is C13H29O4P. The number of unbranched alkanes of at least 4 members (excludes halogenated alkanes) is 7. The van der Waals surface area contributed by atoms with Crippen LogP contribution in [0.3, 0.4) is 0 Å². The zero-order chi connectivity index (χ0) is 13.9. The summed E-state index contributed by atoms with van der Waals surface area (Å²) in [6, 6.07) is 0. The summed E-state index contributed by atoms with van der Waals surface area (Å²) in [5, 5.41) is 0. The summed E-state index contributed by atoms with van der Waals surface area (Å²) in [7, 11) is -3.82. The van der Waals surface area contributed by atoms with Crippen molar-refractivity contribution in [3.63, 3.8) is 0 Å². The lowest BCUT2D eigenvalue weighted by Gasteiger charge is -2.14. The predicted octanol–water partition coefficient (Wildman–Crippen LogP) is 4.67. The highest BCUT2D eigenvalue weighted by molar-refractivity contribution is 7.47. The quantitative estimate of drug-likeness (QED) is 0.417. The summed E-state index contributed by atoms with van der Waals surface area (Å²) in [6.45, 7) is 5.93. The van der Waals surface area contributed by atoms with Gasteiger partial charge in [-0.05, 0) is 20.3 Å². The number of hydrogen-bond donors (Lipinski definition) is 1. The molecule has 0 saturated carbocycles. The average Bonchev–Trinajstić information content (AvgIpc) is 2.25. The van der Waals surface area contributed by atoms with Gasteiger partial charge in [0, 0.05) is 0 Å². The molecule has 1 atom stereocenters. The van der Waals surface area contributed by atoms with Crippen LogP contribution in [0.25, 0.3) is 0 Å². The Kier molecular flexibility index (Phi) is 11.0. The van der Waals surface area contributed by atoms with Crippen molar-refractivity contribution >= 4 is 7.82 Å². The minimum Gasteiger partial charge on any atom is -0.302 e. The SMILES string of the molecule is CCCCCCCCCCOP(=O)(O)OC(C)C. The van der Waals surface area contributed by atoms with Crippen molar-refractivity contribution in [2.75, 3.05) is 6.61 Å². The average molecular weight is 280 g/mol. The number of phosphoric ester groups is 1. The molecule has 0 aromatic rings. The second-order valence-corrected chi connectivity index (χ2v) is 6.34. The third-order valence-corrected chi connectivity index (χ3v) is 3.79. The van der Waals surface area contributed by atoms with Crippen LogP contribution in [-0.4, -0.2) is 17.6 Å². The van der Waals surface area contributed by atoms with E-state index >= 15 is 0 Å². The van der Waals surface area contributed by atoms with Crippen molar-refractivity contribution < 1.29 is 18.5 Å². The molecule has 0 aliphatic rings. The molecule has 0 radical (unpaired) electrons. The van der Waals surface area contributed by atoms with E-state index in [1.807, 2.05) is 0 Å². The molecule has 0 aromatic heterocycles. The molecule has 0 fully saturated rings. The second-order valence-electron chi connectivity index (χ2n) is 4.93. The van der Waals surface area contributed by atoms with E-state index in [9.17, 15) is 9.46 Å². The van der Waals surface area contributed by atoms with Crippen molar-refractivity contribution in [3.05, 3.63) is 0 Å². The van der Waals surface area contributed by atoms with E-state index in [1.165, 1.54) is 38.5 Å². The highest BCUT2D eigenvalue weighted by Crippen LogP contribution is 2.44. The van der Waals surface area contributed by atoms with E-state index in [0.29, 0.717) is 6.61 Å². The summed E-state index contributed by atoms with van der Waals surface area (Å²) in [5.41, 5.74) is 0. The molecule has 1 unspecified atom stereocenters. The topological polar surface area (TPSA) is 55.8 Å². The van der Waals surface area contributed by atoms with E-state index in [0.717, 1.165) is 12.8 Å². The number of hydrogen-bond acceptors (Lipinski definition) is 3. The van der Waals surface area contributed by atoms with Gasteiger partial charge >= 0.3 is 7.82 Å². The molecule has 0 aromatic carbocycles. The Bertz CT molecular complexity index is 231. The molecule has 4 nitrogen and oxygen atoms in total. The van der Waals surface area contributed by atoms with Gasteiger partial charge in [-0.3, -0.25) is 9.05 Å². The van der Waals surface area contributed by atoms with Crippen LogP contribution in [0.1, 0.15) is 72.1 Å². The first-order chi connectivity index (χ1) is 8.48. The zero-order valence-corrected chi connectivity index (χ0v) is 13.0. The van der Waals surface area contributed by atoms with Gasteiger partial charge in [-0.15, -0.1) is 0 Å². The van der Waals surface area contributed by atoms with Crippen LogP contribution < -0.4 is 0 Å². The van der Waals surface area contributed by atoms with Gasteiger partial charge in [0.15, 0.2) is 0 Å². The van der Waals surface area contributed by atoms with Gasteiger partial charge in [0.1, 0.15) is 0 Å². The van der Waals surface area contributed by atoms with Crippen LogP contribution in [0.15, 0.2) is 0 Å². The Morgan fingerprint density at radius 2 is 1.50 bits per heavy atom. The molecule has 0 heterocycles. The summed E-state index contributed by atoms with van der Waals surface area (Å²) in [4.78, 5) is 9.30. The molecule has 5 heteroatoms. The Balaban J connectivity index is 3.32. The number of phosphoric acid groups is 1. The van der Waals surface area contributed by atoms with Gasteiger partial charge in [-0.2, -0.15) is 0 Å². The Labute approximate surface area is 112 Å². The van der Waals surface area contributed by atoms with Crippen LogP contribution in [0.2, 0.25) is 0 Å². The molecule has 18 heavy (non-hydrogen) atoms. The molecule has 110 valence electrons. The summed E-state index contributed by atoms with van der Waals surface area (Å²) in [6.07, 6.45) is 9.21. The molecule has 1 N–H and O–H groups in total. The van der Waals surface area contributed by atoms with E-state index in [4.69, 9.17) is 9.05 Å². The van der Waals surface area contributed by atoms with E-state index < -0.39 is 7.82 Å². The maximum atomic E-state index is 11.3. The van der Waals surface area contributed by atoms with E-state index in [-0.39, 0.29) is 6.10 Å². The highest BCUT2D eigenvalue weighted by atomic mass is 31.2. The molecule has 0 rings (SSSR count). The lowest BCUT2D eigenvalue weighted by molar-refractivity contribution is 0.119. The molecule has 0 saturated heterocycles. The summed E-state index contributed by atoms with van der Waals surface area (Å²) < 4.78 is 21.0. The predicted molar refractivity (Wildman–Crippen MR) is 74.6 cm³/mol. The monoisotopic (exact) mass is 280 g/mol. The molecule has 0 amide bonds. The fourth-order valence-corrected chi connectivity index (χ4v) is 2.67. The fourth-order valence-electron chi connectivity index (χ4n) is 1.71. The smallest absolute Gasteiger partial charge is 0.302 e. The third-order valence-electron chi connectivity index (χ3n) is 2.60. The minimum absolute atomic E-state index is 0.292. The van der Waals surface area contributed by atoms with Crippen molar-refractivity contribution in [1.29, 1.82) is 0 Å². The zero-order valence-electron chi connectivity index (χ0n) is 12.1. The first-order valence-electron chi connectivity index (χ1n) is 7.13. The van der Waals surface area contributed by atoms with Gasteiger partial charge in [0.25, 0.3) is 0 Å². The molecule has 0 aliphatic carbocycles. The summed E-state index contributed by atoms with van der Waals surface area (Å²) >= 11 is 0. The van der Waals surface area contributed by atoms with Crippen molar-refractivity contribution in [2.45, 2.75) is 78.2 Å². The van der Waals surface area contributed by atoms with Crippen LogP contribution in [0, 0.1) is 0 Å². The van der Waals surface area contributed by atoms with E-state index in [1.54, 1.807) is 13.8 Å². The van der Waals surface area contributed by atoms with Crippen LogP contribution >= 0.6 is 7.82 Å². The Morgan fingerprint density at radius 1 is 1.00 bits per heavy atom.